The van der Waals surface area contributed by atoms with Crippen LogP contribution in [0.1, 0.15) is 11.3 Å². The number of alkyl halides is 3. The van der Waals surface area contributed by atoms with Crippen LogP contribution in [0.25, 0.3) is 0 Å². The van der Waals surface area contributed by atoms with E-state index in [9.17, 15) is 13.2 Å². The first kappa shape index (κ1) is 9.83. The average molecular weight is 191 g/mol. The summed E-state index contributed by atoms with van der Waals surface area (Å²) in [6, 6.07) is 1.30. The summed E-state index contributed by atoms with van der Waals surface area (Å²) >= 11 is 0. The zero-order valence-corrected chi connectivity index (χ0v) is 7.14. The molecular weight excluding hydrogens is 183 g/mol. The molecule has 2 nitrogen and oxygen atoms in total. The number of ether oxygens (including phenoxy) is 1. The van der Waals surface area contributed by atoms with E-state index >= 15 is 0 Å². The highest BCUT2D eigenvalue weighted by Crippen LogP contribution is 2.25. The van der Waals surface area contributed by atoms with Crippen molar-refractivity contribution in [2.75, 3.05) is 0 Å². The van der Waals surface area contributed by atoms with Crippen molar-refractivity contribution in [2.45, 2.75) is 20.2 Å². The first-order valence-electron chi connectivity index (χ1n) is 3.57. The van der Waals surface area contributed by atoms with Crippen molar-refractivity contribution < 1.29 is 17.9 Å². The molecule has 0 bridgehead atoms. The Hall–Kier alpha value is -1.26. The quantitative estimate of drug-likeness (QED) is 0.680. The highest BCUT2D eigenvalue weighted by molar-refractivity contribution is 5.29. The van der Waals surface area contributed by atoms with Crippen LogP contribution in [0.15, 0.2) is 12.3 Å². The molecule has 0 aliphatic carbocycles. The lowest BCUT2D eigenvalue weighted by atomic mass is 10.2. The van der Waals surface area contributed by atoms with Gasteiger partial charge in [0.25, 0.3) is 0 Å². The molecule has 0 saturated carbocycles. The average Bonchev–Trinajstić information content (AvgIpc) is 1.94. The third kappa shape index (κ3) is 2.93. The normalized spacial score (nSPS) is 11.5. The molecule has 0 fully saturated rings. The monoisotopic (exact) mass is 191 g/mol. The van der Waals surface area contributed by atoms with Gasteiger partial charge in [0.1, 0.15) is 0 Å². The molecule has 0 aliphatic heterocycles. The fourth-order valence-electron chi connectivity index (χ4n) is 0.839. The summed E-state index contributed by atoms with van der Waals surface area (Å²) < 4.78 is 39.2. The third-order valence-corrected chi connectivity index (χ3v) is 1.40. The Morgan fingerprint density at radius 1 is 1.31 bits per heavy atom. The minimum atomic E-state index is -4.65. The highest BCUT2D eigenvalue weighted by atomic mass is 19.4. The maximum Gasteiger partial charge on any atom is 0.573 e. The molecule has 1 heterocycles. The predicted molar refractivity (Wildman–Crippen MR) is 40.4 cm³/mol. The summed E-state index contributed by atoms with van der Waals surface area (Å²) in [5.41, 5.74) is 0.854. The van der Waals surface area contributed by atoms with Crippen LogP contribution in [0.3, 0.4) is 0 Å². The molecule has 0 amide bonds. The number of hydrogen-bond donors (Lipinski definition) is 0. The van der Waals surface area contributed by atoms with E-state index in [-0.39, 0.29) is 11.4 Å². The van der Waals surface area contributed by atoms with Gasteiger partial charge in [-0.2, -0.15) is 0 Å². The summed E-state index contributed by atoms with van der Waals surface area (Å²) in [6.45, 7) is 3.11. The minimum absolute atomic E-state index is 0.225. The number of aromatic nitrogens is 1. The topological polar surface area (TPSA) is 22.1 Å². The lowest BCUT2D eigenvalue weighted by Crippen LogP contribution is -2.18. The summed E-state index contributed by atoms with van der Waals surface area (Å²) in [6.07, 6.45) is -3.17. The summed E-state index contributed by atoms with van der Waals surface area (Å²) in [4.78, 5) is 3.74. The van der Waals surface area contributed by atoms with Gasteiger partial charge < -0.3 is 4.74 Å². The molecule has 0 aromatic carbocycles. The Bertz CT molecular complexity index is 309. The van der Waals surface area contributed by atoms with Gasteiger partial charge in [0.2, 0.25) is 0 Å². The molecule has 13 heavy (non-hydrogen) atoms. The Labute approximate surface area is 73.4 Å². The van der Waals surface area contributed by atoms with Crippen LogP contribution >= 0.6 is 0 Å². The van der Waals surface area contributed by atoms with Gasteiger partial charge in [-0.25, -0.2) is 0 Å². The van der Waals surface area contributed by atoms with Gasteiger partial charge in [-0.05, 0) is 25.5 Å². The van der Waals surface area contributed by atoms with Crippen LogP contribution in [0, 0.1) is 13.8 Å². The highest BCUT2D eigenvalue weighted by Gasteiger charge is 2.31. The Balaban J connectivity index is 2.94. The van der Waals surface area contributed by atoms with Gasteiger partial charge >= 0.3 is 6.36 Å². The lowest BCUT2D eigenvalue weighted by molar-refractivity contribution is -0.275. The van der Waals surface area contributed by atoms with E-state index in [1.54, 1.807) is 6.92 Å². The van der Waals surface area contributed by atoms with Gasteiger partial charge in [0.15, 0.2) is 5.75 Å². The second kappa shape index (κ2) is 3.24. The molecule has 0 radical (unpaired) electrons. The van der Waals surface area contributed by atoms with Crippen LogP contribution in [0.4, 0.5) is 13.2 Å². The fourth-order valence-corrected chi connectivity index (χ4v) is 0.839. The van der Waals surface area contributed by atoms with Crippen molar-refractivity contribution in [1.29, 1.82) is 0 Å². The van der Waals surface area contributed by atoms with E-state index in [0.29, 0.717) is 5.56 Å². The van der Waals surface area contributed by atoms with Gasteiger partial charge in [-0.15, -0.1) is 13.2 Å². The van der Waals surface area contributed by atoms with Crippen molar-refractivity contribution in [3.8, 4) is 5.75 Å². The molecule has 1 rings (SSSR count). The standard InChI is InChI=1S/C8H8F3NO/c1-5-3-7(6(2)12-4-5)13-8(9,10)11/h3-4H,1-2H3. The number of pyridine rings is 1. The van der Waals surface area contributed by atoms with Crippen LogP contribution < -0.4 is 4.74 Å². The molecule has 72 valence electrons. The van der Waals surface area contributed by atoms with E-state index in [1.165, 1.54) is 19.2 Å². The van der Waals surface area contributed by atoms with Crippen molar-refractivity contribution in [2.24, 2.45) is 0 Å². The molecule has 1 aromatic heterocycles. The Morgan fingerprint density at radius 3 is 2.46 bits per heavy atom. The van der Waals surface area contributed by atoms with Crippen molar-refractivity contribution >= 4 is 0 Å². The van der Waals surface area contributed by atoms with Crippen LogP contribution in [0.5, 0.6) is 5.75 Å². The summed E-state index contributed by atoms with van der Waals surface area (Å²) in [5.74, 6) is -0.243. The molecule has 0 saturated heterocycles. The Morgan fingerprint density at radius 2 is 1.92 bits per heavy atom. The molecular formula is C8H8F3NO. The first-order valence-corrected chi connectivity index (χ1v) is 3.57. The molecule has 0 atom stereocenters. The van der Waals surface area contributed by atoms with Crippen molar-refractivity contribution in [3.05, 3.63) is 23.5 Å². The molecule has 0 spiro atoms. The zero-order chi connectivity index (χ0) is 10.1. The van der Waals surface area contributed by atoms with Crippen LogP contribution in [-0.4, -0.2) is 11.3 Å². The van der Waals surface area contributed by atoms with Crippen LogP contribution in [0.2, 0.25) is 0 Å². The second-order valence-electron chi connectivity index (χ2n) is 2.64. The van der Waals surface area contributed by atoms with Gasteiger partial charge in [0.05, 0.1) is 5.69 Å². The molecule has 5 heteroatoms. The fraction of sp³-hybridized carbons (Fsp3) is 0.375. The Kier molecular flexibility index (Phi) is 2.45. The SMILES string of the molecule is Cc1cnc(C)c(OC(F)(F)F)c1. The number of nitrogens with zero attached hydrogens (tertiary/aromatic N) is 1. The van der Waals surface area contributed by atoms with Crippen molar-refractivity contribution in [3.63, 3.8) is 0 Å². The first-order chi connectivity index (χ1) is 5.88. The summed E-state index contributed by atoms with van der Waals surface area (Å²) in [5, 5.41) is 0. The summed E-state index contributed by atoms with van der Waals surface area (Å²) in [7, 11) is 0. The zero-order valence-electron chi connectivity index (χ0n) is 7.14. The molecule has 1 aromatic rings. The number of aryl methyl sites for hydroxylation is 2. The number of rotatable bonds is 1. The number of halogens is 3. The third-order valence-electron chi connectivity index (χ3n) is 1.40. The lowest BCUT2D eigenvalue weighted by Gasteiger charge is -2.10. The smallest absolute Gasteiger partial charge is 0.404 e. The van der Waals surface area contributed by atoms with E-state index in [1.807, 2.05) is 0 Å². The van der Waals surface area contributed by atoms with E-state index in [4.69, 9.17) is 0 Å². The minimum Gasteiger partial charge on any atom is -0.404 e. The van der Waals surface area contributed by atoms with E-state index < -0.39 is 6.36 Å². The maximum absolute atomic E-state index is 11.8. The molecule has 0 unspecified atom stereocenters. The predicted octanol–water partition coefficient (Wildman–Crippen LogP) is 2.60. The van der Waals surface area contributed by atoms with Crippen molar-refractivity contribution in [1.82, 2.24) is 4.98 Å². The second-order valence-corrected chi connectivity index (χ2v) is 2.64. The van der Waals surface area contributed by atoms with Gasteiger partial charge in [-0.1, -0.05) is 0 Å². The van der Waals surface area contributed by atoms with Gasteiger partial charge in [0, 0.05) is 6.20 Å². The van der Waals surface area contributed by atoms with E-state index in [0.717, 1.165) is 0 Å². The molecule has 0 aliphatic rings. The van der Waals surface area contributed by atoms with Gasteiger partial charge in [-0.3, -0.25) is 4.98 Å². The largest absolute Gasteiger partial charge is 0.573 e. The van der Waals surface area contributed by atoms with Crippen LogP contribution in [-0.2, 0) is 0 Å². The van der Waals surface area contributed by atoms with E-state index in [2.05, 4.69) is 9.72 Å². The molecule has 0 N–H and O–H groups in total. The number of hydrogen-bond acceptors (Lipinski definition) is 2. The maximum atomic E-state index is 11.8.